The zero-order chi connectivity index (χ0) is 19.3. The van der Waals surface area contributed by atoms with Crippen molar-refractivity contribution in [3.05, 3.63) is 53.6 Å². The normalized spacial score (nSPS) is 10.9. The quantitative estimate of drug-likeness (QED) is 0.365. The van der Waals surface area contributed by atoms with Crippen LogP contribution in [0.15, 0.2) is 42.5 Å². The molecule has 2 nitrogen and oxygen atoms in total. The Bertz CT molecular complexity index is 649. The Balaban J connectivity index is 2.00. The molecule has 2 aromatic rings. The van der Waals surface area contributed by atoms with Crippen molar-refractivity contribution in [2.24, 2.45) is 0 Å². The van der Waals surface area contributed by atoms with Crippen molar-refractivity contribution in [3.63, 3.8) is 0 Å². The fraction of sp³-hybridized carbons (Fsp3) is 0.520. The van der Waals surface area contributed by atoms with Crippen LogP contribution < -0.4 is 4.74 Å². The van der Waals surface area contributed by atoms with Gasteiger partial charge >= 0.3 is 0 Å². The van der Waals surface area contributed by atoms with Crippen LogP contribution in [0.2, 0.25) is 0 Å². The van der Waals surface area contributed by atoms with Gasteiger partial charge < -0.3 is 9.84 Å². The van der Waals surface area contributed by atoms with Gasteiger partial charge in [0.25, 0.3) is 0 Å². The van der Waals surface area contributed by atoms with E-state index in [1.54, 1.807) is 6.07 Å². The van der Waals surface area contributed by atoms with E-state index < -0.39 is 0 Å². The Labute approximate surface area is 165 Å². The van der Waals surface area contributed by atoms with Gasteiger partial charge in [-0.05, 0) is 43.0 Å². The summed E-state index contributed by atoms with van der Waals surface area (Å²) < 4.78 is 6.10. The van der Waals surface area contributed by atoms with E-state index in [0.29, 0.717) is 5.75 Å². The summed E-state index contributed by atoms with van der Waals surface area (Å²) >= 11 is 0. The highest BCUT2D eigenvalue weighted by Crippen LogP contribution is 2.37. The van der Waals surface area contributed by atoms with E-state index in [1.165, 1.54) is 56.1 Å². The largest absolute Gasteiger partial charge is 0.504 e. The van der Waals surface area contributed by atoms with E-state index in [2.05, 4.69) is 19.9 Å². The van der Waals surface area contributed by atoms with Crippen molar-refractivity contribution in [2.45, 2.75) is 84.5 Å². The predicted molar refractivity (Wildman–Crippen MR) is 115 cm³/mol. The second kappa shape index (κ2) is 12.4. The molecular weight excluding hydrogens is 332 g/mol. The van der Waals surface area contributed by atoms with Gasteiger partial charge in [-0.2, -0.15) is 0 Å². The van der Waals surface area contributed by atoms with Crippen LogP contribution in [0.1, 0.15) is 82.8 Å². The van der Waals surface area contributed by atoms with E-state index in [1.807, 2.05) is 30.3 Å². The Morgan fingerprint density at radius 1 is 0.704 bits per heavy atom. The van der Waals surface area contributed by atoms with E-state index in [9.17, 15) is 5.11 Å². The van der Waals surface area contributed by atoms with Crippen LogP contribution in [0.5, 0.6) is 17.2 Å². The van der Waals surface area contributed by atoms with Crippen LogP contribution in [0.3, 0.4) is 0 Å². The zero-order valence-electron chi connectivity index (χ0n) is 17.2. The molecule has 0 amide bonds. The van der Waals surface area contributed by atoms with Gasteiger partial charge in [-0.1, -0.05) is 89.5 Å². The van der Waals surface area contributed by atoms with Crippen LogP contribution >= 0.6 is 0 Å². The average Bonchev–Trinajstić information content (AvgIpc) is 2.69. The molecule has 0 aliphatic rings. The Hall–Kier alpha value is -1.96. The maximum absolute atomic E-state index is 10.4. The number of rotatable bonds is 13. The highest BCUT2D eigenvalue weighted by Gasteiger charge is 2.15. The molecule has 2 heteroatoms. The molecule has 0 aliphatic heterocycles. The molecule has 0 saturated heterocycles. The fourth-order valence-corrected chi connectivity index (χ4v) is 3.59. The number of benzene rings is 2. The van der Waals surface area contributed by atoms with Crippen molar-refractivity contribution in [3.8, 4) is 17.2 Å². The Kier molecular flexibility index (Phi) is 9.83. The summed E-state index contributed by atoms with van der Waals surface area (Å²) in [6, 6.07) is 13.6. The van der Waals surface area contributed by atoms with Crippen molar-refractivity contribution in [2.75, 3.05) is 0 Å². The summed E-state index contributed by atoms with van der Waals surface area (Å²) in [5, 5.41) is 10.4. The number of ether oxygens (including phenoxy) is 1. The molecule has 27 heavy (non-hydrogen) atoms. The summed E-state index contributed by atoms with van der Waals surface area (Å²) in [6.45, 7) is 4.46. The lowest BCUT2D eigenvalue weighted by atomic mass is 9.96. The second-order valence-electron chi connectivity index (χ2n) is 7.44. The fourth-order valence-electron chi connectivity index (χ4n) is 3.59. The molecule has 148 valence electrons. The second-order valence-corrected chi connectivity index (χ2v) is 7.44. The lowest BCUT2D eigenvalue weighted by molar-refractivity contribution is 0.405. The van der Waals surface area contributed by atoms with Crippen molar-refractivity contribution < 1.29 is 9.84 Å². The molecule has 0 heterocycles. The van der Waals surface area contributed by atoms with Gasteiger partial charge in [-0.3, -0.25) is 0 Å². The first-order valence-electron chi connectivity index (χ1n) is 10.8. The first kappa shape index (κ1) is 21.3. The summed E-state index contributed by atoms with van der Waals surface area (Å²) in [6.07, 6.45) is 13.6. The smallest absolute Gasteiger partial charge is 0.172 e. The van der Waals surface area contributed by atoms with Gasteiger partial charge in [0.1, 0.15) is 5.75 Å². The molecule has 0 spiro atoms. The van der Waals surface area contributed by atoms with E-state index >= 15 is 0 Å². The predicted octanol–water partition coefficient (Wildman–Crippen LogP) is 7.82. The van der Waals surface area contributed by atoms with Crippen molar-refractivity contribution >= 4 is 0 Å². The molecule has 1 N–H and O–H groups in total. The molecule has 0 radical (unpaired) electrons. The standard InChI is InChI=1S/C25H36O2/c1-3-5-6-7-8-9-10-14-18-23-21(15-4-2)19-20-24(26)25(23)27-22-16-12-11-13-17-22/h11-13,16-17,19-20,26H,3-10,14-15,18H2,1-2H3. The number of unbranched alkanes of at least 4 members (excludes halogenated alkanes) is 7. The minimum absolute atomic E-state index is 0.244. The monoisotopic (exact) mass is 368 g/mol. The first-order valence-corrected chi connectivity index (χ1v) is 10.8. The summed E-state index contributed by atoms with van der Waals surface area (Å²) in [7, 11) is 0. The molecule has 0 fully saturated rings. The number of aromatic hydroxyl groups is 1. The van der Waals surface area contributed by atoms with Crippen LogP contribution in [0.25, 0.3) is 0 Å². The Morgan fingerprint density at radius 2 is 1.37 bits per heavy atom. The Morgan fingerprint density at radius 3 is 2.04 bits per heavy atom. The molecule has 0 aromatic heterocycles. The topological polar surface area (TPSA) is 29.5 Å². The third-order valence-corrected chi connectivity index (χ3v) is 5.10. The number of phenolic OH excluding ortho intramolecular Hbond substituents is 1. The van der Waals surface area contributed by atoms with E-state index in [-0.39, 0.29) is 5.75 Å². The number of hydrogen-bond acceptors (Lipinski definition) is 2. The van der Waals surface area contributed by atoms with Crippen LogP contribution in [-0.4, -0.2) is 5.11 Å². The van der Waals surface area contributed by atoms with E-state index in [0.717, 1.165) is 31.4 Å². The number of phenols is 1. The summed E-state index contributed by atoms with van der Waals surface area (Å²) in [4.78, 5) is 0. The minimum atomic E-state index is 0.244. The molecule has 0 bridgehead atoms. The molecule has 0 aliphatic carbocycles. The third-order valence-electron chi connectivity index (χ3n) is 5.10. The summed E-state index contributed by atoms with van der Waals surface area (Å²) in [5.41, 5.74) is 2.50. The molecule has 0 saturated carbocycles. The van der Waals surface area contributed by atoms with Crippen LogP contribution in [0.4, 0.5) is 0 Å². The average molecular weight is 369 g/mol. The van der Waals surface area contributed by atoms with Crippen LogP contribution in [0, 0.1) is 0 Å². The maximum atomic E-state index is 10.4. The minimum Gasteiger partial charge on any atom is -0.504 e. The van der Waals surface area contributed by atoms with Gasteiger partial charge in [0.15, 0.2) is 11.5 Å². The SMILES string of the molecule is CCCCCCCCCCc1c(CCC)ccc(O)c1Oc1ccccc1. The maximum Gasteiger partial charge on any atom is 0.172 e. The number of hydrogen-bond donors (Lipinski definition) is 1. The van der Waals surface area contributed by atoms with Crippen molar-refractivity contribution in [1.82, 2.24) is 0 Å². The lowest BCUT2D eigenvalue weighted by Crippen LogP contribution is -1.99. The van der Waals surface area contributed by atoms with Crippen LogP contribution in [-0.2, 0) is 12.8 Å². The van der Waals surface area contributed by atoms with Gasteiger partial charge in [-0.15, -0.1) is 0 Å². The van der Waals surface area contributed by atoms with Gasteiger partial charge in [0, 0.05) is 5.56 Å². The number of para-hydroxylation sites is 1. The van der Waals surface area contributed by atoms with Gasteiger partial charge in [0.2, 0.25) is 0 Å². The van der Waals surface area contributed by atoms with Gasteiger partial charge in [0.05, 0.1) is 0 Å². The van der Waals surface area contributed by atoms with Gasteiger partial charge in [-0.25, -0.2) is 0 Å². The zero-order valence-corrected chi connectivity index (χ0v) is 17.2. The van der Waals surface area contributed by atoms with E-state index in [4.69, 9.17) is 4.74 Å². The summed E-state index contributed by atoms with van der Waals surface area (Å²) in [5.74, 6) is 1.67. The molecule has 0 unspecified atom stereocenters. The molecule has 2 aromatic carbocycles. The lowest BCUT2D eigenvalue weighted by Gasteiger charge is -2.17. The third kappa shape index (κ3) is 7.28. The first-order chi connectivity index (χ1) is 13.3. The van der Waals surface area contributed by atoms with Crippen molar-refractivity contribution in [1.29, 1.82) is 0 Å². The highest BCUT2D eigenvalue weighted by molar-refractivity contribution is 5.52. The molecular formula is C25H36O2. The number of aryl methyl sites for hydroxylation is 1. The molecule has 0 atom stereocenters. The molecule has 2 rings (SSSR count). The highest BCUT2D eigenvalue weighted by atomic mass is 16.5.